The number of methoxy groups -OCH3 is 1. The number of aliphatic hydroxyl groups excluding tert-OH is 1. The van der Waals surface area contributed by atoms with Gasteiger partial charge in [0, 0.05) is 25.2 Å². The van der Waals surface area contributed by atoms with E-state index in [0.29, 0.717) is 13.1 Å². The third-order valence-corrected chi connectivity index (χ3v) is 3.05. The van der Waals surface area contributed by atoms with Crippen LogP contribution >= 0.6 is 0 Å². The first-order valence-corrected chi connectivity index (χ1v) is 6.58. The first-order chi connectivity index (χ1) is 9.35. The molecule has 6 nitrogen and oxygen atoms in total. The van der Waals surface area contributed by atoms with Gasteiger partial charge in [0.05, 0.1) is 18.1 Å². The average Bonchev–Trinajstić information content (AvgIpc) is 2.37. The molecule has 0 aliphatic heterocycles. The maximum Gasteiger partial charge on any atom is 0.311 e. The largest absolute Gasteiger partial charge is 0.490 e. The standard InChI is InChI=1S/C14H22N2O4/c1-10(2)15(8-11(3)17)9-12-5-6-14(20-4)13(7-12)16(18)19/h5-7,10-11,17H,8-9H2,1-4H3. The van der Waals surface area contributed by atoms with Gasteiger partial charge in [-0.15, -0.1) is 0 Å². The number of nitro benzene ring substituents is 1. The van der Waals surface area contributed by atoms with Crippen LogP contribution in [-0.4, -0.2) is 40.7 Å². The summed E-state index contributed by atoms with van der Waals surface area (Å²) in [7, 11) is 1.41. The van der Waals surface area contributed by atoms with E-state index in [4.69, 9.17) is 4.74 Å². The molecule has 0 saturated heterocycles. The second-order valence-electron chi connectivity index (χ2n) is 5.14. The molecule has 1 rings (SSSR count). The Bertz CT molecular complexity index is 460. The fourth-order valence-electron chi connectivity index (χ4n) is 2.01. The van der Waals surface area contributed by atoms with Crippen molar-refractivity contribution in [3.05, 3.63) is 33.9 Å². The normalized spacial score (nSPS) is 12.8. The molecule has 0 fully saturated rings. The molecule has 0 aliphatic rings. The van der Waals surface area contributed by atoms with Gasteiger partial charge in [-0.3, -0.25) is 15.0 Å². The summed E-state index contributed by atoms with van der Waals surface area (Å²) in [5.41, 5.74) is 0.789. The number of benzene rings is 1. The molecule has 1 N–H and O–H groups in total. The minimum Gasteiger partial charge on any atom is -0.490 e. The van der Waals surface area contributed by atoms with E-state index >= 15 is 0 Å². The lowest BCUT2D eigenvalue weighted by Crippen LogP contribution is -2.36. The molecule has 20 heavy (non-hydrogen) atoms. The van der Waals surface area contributed by atoms with E-state index in [9.17, 15) is 15.2 Å². The summed E-state index contributed by atoms with van der Waals surface area (Å²) in [5.74, 6) is 0.255. The van der Waals surface area contributed by atoms with Crippen molar-refractivity contribution in [2.45, 2.75) is 39.5 Å². The van der Waals surface area contributed by atoms with Crippen molar-refractivity contribution in [3.63, 3.8) is 0 Å². The predicted molar refractivity (Wildman–Crippen MR) is 76.9 cm³/mol. The molecule has 0 heterocycles. The van der Waals surface area contributed by atoms with E-state index in [1.54, 1.807) is 13.0 Å². The Labute approximate surface area is 119 Å². The van der Waals surface area contributed by atoms with E-state index in [1.165, 1.54) is 13.2 Å². The summed E-state index contributed by atoms with van der Waals surface area (Å²) in [5, 5.41) is 20.5. The van der Waals surface area contributed by atoms with Crippen LogP contribution in [0.25, 0.3) is 0 Å². The smallest absolute Gasteiger partial charge is 0.311 e. The van der Waals surface area contributed by atoms with Crippen LogP contribution in [0.5, 0.6) is 5.75 Å². The summed E-state index contributed by atoms with van der Waals surface area (Å²) in [4.78, 5) is 12.6. The Kier molecular flexibility index (Phi) is 5.91. The number of nitrogens with zero attached hydrogens (tertiary/aromatic N) is 2. The Hall–Kier alpha value is -1.66. The lowest BCUT2D eigenvalue weighted by atomic mass is 10.1. The van der Waals surface area contributed by atoms with Crippen molar-refractivity contribution >= 4 is 5.69 Å². The number of nitro groups is 1. The van der Waals surface area contributed by atoms with Gasteiger partial charge >= 0.3 is 5.69 Å². The molecule has 0 aromatic heterocycles. The summed E-state index contributed by atoms with van der Waals surface area (Å²) in [6.07, 6.45) is -0.439. The van der Waals surface area contributed by atoms with Gasteiger partial charge in [-0.25, -0.2) is 0 Å². The molecule has 0 aliphatic carbocycles. The summed E-state index contributed by atoms with van der Waals surface area (Å²) >= 11 is 0. The van der Waals surface area contributed by atoms with E-state index in [2.05, 4.69) is 4.90 Å². The topological polar surface area (TPSA) is 75.8 Å². The SMILES string of the molecule is COc1ccc(CN(CC(C)O)C(C)C)cc1[N+](=O)[O-]. The number of rotatable bonds is 7. The zero-order chi connectivity index (χ0) is 15.3. The highest BCUT2D eigenvalue weighted by molar-refractivity contribution is 5.48. The number of hydrogen-bond acceptors (Lipinski definition) is 5. The average molecular weight is 282 g/mol. The lowest BCUT2D eigenvalue weighted by molar-refractivity contribution is -0.385. The van der Waals surface area contributed by atoms with Crippen molar-refractivity contribution in [1.29, 1.82) is 0 Å². The van der Waals surface area contributed by atoms with Gasteiger partial charge in [-0.2, -0.15) is 0 Å². The third kappa shape index (κ3) is 4.47. The van der Waals surface area contributed by atoms with Crippen molar-refractivity contribution in [3.8, 4) is 5.75 Å². The van der Waals surface area contributed by atoms with Crippen LogP contribution in [0.15, 0.2) is 18.2 Å². The van der Waals surface area contributed by atoms with E-state index in [1.807, 2.05) is 19.9 Å². The van der Waals surface area contributed by atoms with E-state index < -0.39 is 11.0 Å². The quantitative estimate of drug-likeness (QED) is 0.613. The Morgan fingerprint density at radius 1 is 1.40 bits per heavy atom. The predicted octanol–water partition coefficient (Wildman–Crippen LogP) is 2.19. The minimum absolute atomic E-state index is 0.0363. The summed E-state index contributed by atoms with van der Waals surface area (Å²) in [6, 6.07) is 5.18. The fourth-order valence-corrected chi connectivity index (χ4v) is 2.01. The van der Waals surface area contributed by atoms with Crippen molar-refractivity contribution in [1.82, 2.24) is 4.90 Å². The lowest BCUT2D eigenvalue weighted by Gasteiger charge is -2.27. The van der Waals surface area contributed by atoms with Crippen LogP contribution in [-0.2, 0) is 6.54 Å². The molecule has 1 aromatic rings. The van der Waals surface area contributed by atoms with Gasteiger partial charge in [0.15, 0.2) is 5.75 Å². The number of hydrogen-bond donors (Lipinski definition) is 1. The maximum absolute atomic E-state index is 11.0. The molecule has 112 valence electrons. The van der Waals surface area contributed by atoms with Crippen molar-refractivity contribution in [2.24, 2.45) is 0 Å². The molecule has 0 spiro atoms. The zero-order valence-electron chi connectivity index (χ0n) is 12.4. The van der Waals surface area contributed by atoms with Gasteiger partial charge in [0.2, 0.25) is 0 Å². The van der Waals surface area contributed by atoms with Crippen LogP contribution in [0.4, 0.5) is 5.69 Å². The molecule has 0 bridgehead atoms. The highest BCUT2D eigenvalue weighted by Crippen LogP contribution is 2.28. The van der Waals surface area contributed by atoms with Crippen LogP contribution in [0.2, 0.25) is 0 Å². The van der Waals surface area contributed by atoms with Gasteiger partial charge in [0.1, 0.15) is 0 Å². The molecule has 1 atom stereocenters. The molecular weight excluding hydrogens is 260 g/mol. The molecule has 1 aromatic carbocycles. The molecule has 0 saturated carbocycles. The van der Waals surface area contributed by atoms with Crippen LogP contribution in [0.1, 0.15) is 26.3 Å². The highest BCUT2D eigenvalue weighted by Gasteiger charge is 2.18. The fraction of sp³-hybridized carbons (Fsp3) is 0.571. The van der Waals surface area contributed by atoms with Crippen LogP contribution < -0.4 is 4.74 Å². The Morgan fingerprint density at radius 2 is 2.05 bits per heavy atom. The second-order valence-corrected chi connectivity index (χ2v) is 5.14. The van der Waals surface area contributed by atoms with E-state index in [-0.39, 0.29) is 17.5 Å². The maximum atomic E-state index is 11.0. The first-order valence-electron chi connectivity index (χ1n) is 6.58. The van der Waals surface area contributed by atoms with Crippen molar-refractivity contribution in [2.75, 3.05) is 13.7 Å². The molecule has 1 unspecified atom stereocenters. The summed E-state index contributed by atoms with van der Waals surface area (Å²) < 4.78 is 4.98. The zero-order valence-corrected chi connectivity index (χ0v) is 12.4. The Balaban J connectivity index is 2.96. The molecule has 6 heteroatoms. The van der Waals surface area contributed by atoms with Gasteiger partial charge in [-0.1, -0.05) is 6.07 Å². The molecule has 0 amide bonds. The van der Waals surface area contributed by atoms with Crippen LogP contribution in [0, 0.1) is 10.1 Å². The minimum atomic E-state index is -0.448. The van der Waals surface area contributed by atoms with Gasteiger partial charge in [0.25, 0.3) is 0 Å². The highest BCUT2D eigenvalue weighted by atomic mass is 16.6. The first kappa shape index (κ1) is 16.4. The molecule has 0 radical (unpaired) electrons. The van der Waals surface area contributed by atoms with E-state index in [0.717, 1.165) is 5.56 Å². The van der Waals surface area contributed by atoms with Gasteiger partial charge in [-0.05, 0) is 32.4 Å². The Morgan fingerprint density at radius 3 is 2.50 bits per heavy atom. The number of ether oxygens (including phenoxy) is 1. The third-order valence-electron chi connectivity index (χ3n) is 3.05. The number of aliphatic hydroxyl groups is 1. The van der Waals surface area contributed by atoms with Gasteiger partial charge < -0.3 is 9.84 Å². The van der Waals surface area contributed by atoms with Crippen molar-refractivity contribution < 1.29 is 14.8 Å². The molecular formula is C14H22N2O4. The monoisotopic (exact) mass is 282 g/mol. The van der Waals surface area contributed by atoms with Crippen LogP contribution in [0.3, 0.4) is 0 Å². The second kappa shape index (κ2) is 7.21. The summed E-state index contributed by atoms with van der Waals surface area (Å²) in [6.45, 7) is 6.86.